The Balaban J connectivity index is 1.98. The monoisotopic (exact) mass is 183 g/mol. The topological polar surface area (TPSA) is 12.5 Å². The average molecular weight is 183 g/mol. The minimum Gasteiger partial charge on any atom is -0.374 e. The van der Waals surface area contributed by atoms with Crippen LogP contribution in [0.25, 0.3) is 0 Å². The van der Waals surface area contributed by atoms with Gasteiger partial charge in [-0.15, -0.1) is 0 Å². The SMILES string of the molecule is CC(C)N1CCCOC2(CCC2)C1. The van der Waals surface area contributed by atoms with Crippen molar-refractivity contribution in [3.05, 3.63) is 0 Å². The molecule has 1 heterocycles. The molecule has 13 heavy (non-hydrogen) atoms. The summed E-state index contributed by atoms with van der Waals surface area (Å²) in [5.74, 6) is 0. The first-order valence-electron chi connectivity index (χ1n) is 5.60. The van der Waals surface area contributed by atoms with Crippen molar-refractivity contribution >= 4 is 0 Å². The fourth-order valence-corrected chi connectivity index (χ4v) is 2.37. The van der Waals surface area contributed by atoms with Gasteiger partial charge in [-0.1, -0.05) is 0 Å². The number of rotatable bonds is 1. The van der Waals surface area contributed by atoms with Crippen LogP contribution in [0.3, 0.4) is 0 Å². The van der Waals surface area contributed by atoms with Gasteiger partial charge in [0.15, 0.2) is 0 Å². The zero-order chi connectivity index (χ0) is 9.31. The Bertz CT molecular complexity index is 175. The minimum absolute atomic E-state index is 0.265. The van der Waals surface area contributed by atoms with Gasteiger partial charge in [0.2, 0.25) is 0 Å². The van der Waals surface area contributed by atoms with Crippen LogP contribution in [0.15, 0.2) is 0 Å². The maximum Gasteiger partial charge on any atom is 0.0808 e. The van der Waals surface area contributed by atoms with E-state index in [4.69, 9.17) is 4.74 Å². The predicted octanol–water partition coefficient (Wildman–Crippen LogP) is 2.04. The first kappa shape index (κ1) is 9.47. The fourth-order valence-electron chi connectivity index (χ4n) is 2.37. The molecule has 1 spiro atoms. The third kappa shape index (κ3) is 1.89. The summed E-state index contributed by atoms with van der Waals surface area (Å²) in [5.41, 5.74) is 0.265. The highest BCUT2D eigenvalue weighted by Crippen LogP contribution is 2.38. The minimum atomic E-state index is 0.265. The van der Waals surface area contributed by atoms with Crippen molar-refractivity contribution in [2.24, 2.45) is 0 Å². The van der Waals surface area contributed by atoms with Crippen LogP contribution >= 0.6 is 0 Å². The van der Waals surface area contributed by atoms with E-state index in [-0.39, 0.29) is 5.60 Å². The lowest BCUT2D eigenvalue weighted by atomic mass is 9.79. The first-order chi connectivity index (χ1) is 6.22. The second-order valence-electron chi connectivity index (χ2n) is 4.80. The molecule has 1 aliphatic heterocycles. The molecule has 0 aromatic heterocycles. The molecule has 0 N–H and O–H groups in total. The van der Waals surface area contributed by atoms with Gasteiger partial charge in [0.1, 0.15) is 0 Å². The molecule has 0 bridgehead atoms. The highest BCUT2D eigenvalue weighted by atomic mass is 16.5. The lowest BCUT2D eigenvalue weighted by Crippen LogP contribution is -2.50. The normalized spacial score (nSPS) is 28.8. The molecule has 0 aromatic carbocycles. The molecule has 0 amide bonds. The molecule has 0 unspecified atom stereocenters. The summed E-state index contributed by atoms with van der Waals surface area (Å²) < 4.78 is 5.97. The van der Waals surface area contributed by atoms with Crippen molar-refractivity contribution in [3.63, 3.8) is 0 Å². The predicted molar refractivity (Wildman–Crippen MR) is 53.9 cm³/mol. The van der Waals surface area contributed by atoms with Gasteiger partial charge in [-0.2, -0.15) is 0 Å². The number of hydrogen-bond acceptors (Lipinski definition) is 2. The van der Waals surface area contributed by atoms with Crippen LogP contribution in [0.1, 0.15) is 39.5 Å². The highest BCUT2D eigenvalue weighted by Gasteiger charge is 2.41. The van der Waals surface area contributed by atoms with Crippen LogP contribution in [-0.4, -0.2) is 36.2 Å². The lowest BCUT2D eigenvalue weighted by Gasteiger charge is -2.43. The fraction of sp³-hybridized carbons (Fsp3) is 1.00. The number of nitrogens with zero attached hydrogens (tertiary/aromatic N) is 1. The van der Waals surface area contributed by atoms with Crippen molar-refractivity contribution in [2.75, 3.05) is 19.7 Å². The summed E-state index contributed by atoms with van der Waals surface area (Å²) in [5, 5.41) is 0. The molecular weight excluding hydrogens is 162 g/mol. The van der Waals surface area contributed by atoms with Gasteiger partial charge >= 0.3 is 0 Å². The molecule has 2 rings (SSSR count). The zero-order valence-electron chi connectivity index (χ0n) is 8.88. The first-order valence-corrected chi connectivity index (χ1v) is 5.60. The standard InChI is InChI=1S/C11H21NO/c1-10(2)12-7-4-8-13-11(9-12)5-3-6-11/h10H,3-9H2,1-2H3. The van der Waals surface area contributed by atoms with E-state index in [1.807, 2.05) is 0 Å². The molecule has 1 saturated heterocycles. The summed E-state index contributed by atoms with van der Waals surface area (Å²) in [4.78, 5) is 2.58. The molecule has 76 valence electrons. The van der Waals surface area contributed by atoms with Gasteiger partial charge < -0.3 is 4.74 Å². The lowest BCUT2D eigenvalue weighted by molar-refractivity contribution is -0.102. The summed E-state index contributed by atoms with van der Waals surface area (Å²) in [6, 6.07) is 0.680. The summed E-state index contributed by atoms with van der Waals surface area (Å²) >= 11 is 0. The third-order valence-corrected chi connectivity index (χ3v) is 3.48. The van der Waals surface area contributed by atoms with E-state index in [2.05, 4.69) is 18.7 Å². The van der Waals surface area contributed by atoms with Crippen molar-refractivity contribution in [3.8, 4) is 0 Å². The number of hydrogen-bond donors (Lipinski definition) is 0. The van der Waals surface area contributed by atoms with E-state index in [9.17, 15) is 0 Å². The van der Waals surface area contributed by atoms with Gasteiger partial charge in [-0.3, -0.25) is 4.90 Å². The van der Waals surface area contributed by atoms with Gasteiger partial charge in [-0.05, 0) is 39.5 Å². The Kier molecular flexibility index (Phi) is 2.61. The molecule has 0 aromatic rings. The van der Waals surface area contributed by atoms with Crippen LogP contribution in [0, 0.1) is 0 Å². The second-order valence-corrected chi connectivity index (χ2v) is 4.80. The van der Waals surface area contributed by atoms with Gasteiger partial charge in [0.05, 0.1) is 5.60 Å². The van der Waals surface area contributed by atoms with Crippen LogP contribution in [-0.2, 0) is 4.74 Å². The van der Waals surface area contributed by atoms with Gasteiger partial charge in [-0.25, -0.2) is 0 Å². The van der Waals surface area contributed by atoms with Crippen molar-refractivity contribution in [1.29, 1.82) is 0 Å². The molecule has 2 nitrogen and oxygen atoms in total. The Morgan fingerprint density at radius 1 is 1.23 bits per heavy atom. The van der Waals surface area contributed by atoms with Crippen molar-refractivity contribution in [2.45, 2.75) is 51.2 Å². The maximum atomic E-state index is 5.97. The molecular formula is C11H21NO. The zero-order valence-corrected chi connectivity index (χ0v) is 8.88. The van der Waals surface area contributed by atoms with E-state index in [0.29, 0.717) is 6.04 Å². The highest BCUT2D eigenvalue weighted by molar-refractivity contribution is 4.94. The van der Waals surface area contributed by atoms with Crippen molar-refractivity contribution < 1.29 is 4.74 Å². The Hall–Kier alpha value is -0.0800. The molecule has 2 aliphatic rings. The Morgan fingerprint density at radius 3 is 2.54 bits per heavy atom. The van der Waals surface area contributed by atoms with E-state index < -0.39 is 0 Å². The van der Waals surface area contributed by atoms with Crippen LogP contribution in [0.4, 0.5) is 0 Å². The largest absolute Gasteiger partial charge is 0.374 e. The number of ether oxygens (including phenoxy) is 1. The van der Waals surface area contributed by atoms with E-state index in [1.54, 1.807) is 0 Å². The Morgan fingerprint density at radius 2 is 2.00 bits per heavy atom. The van der Waals surface area contributed by atoms with E-state index in [1.165, 1.54) is 38.8 Å². The van der Waals surface area contributed by atoms with Crippen LogP contribution in [0.2, 0.25) is 0 Å². The molecule has 1 saturated carbocycles. The van der Waals surface area contributed by atoms with Gasteiger partial charge in [0.25, 0.3) is 0 Å². The smallest absolute Gasteiger partial charge is 0.0808 e. The van der Waals surface area contributed by atoms with E-state index in [0.717, 1.165) is 6.61 Å². The van der Waals surface area contributed by atoms with Crippen LogP contribution < -0.4 is 0 Å². The van der Waals surface area contributed by atoms with Gasteiger partial charge in [0, 0.05) is 25.7 Å². The molecule has 0 radical (unpaired) electrons. The quantitative estimate of drug-likeness (QED) is 0.617. The molecule has 2 fully saturated rings. The van der Waals surface area contributed by atoms with Crippen LogP contribution in [0.5, 0.6) is 0 Å². The average Bonchev–Trinajstić information content (AvgIpc) is 2.24. The van der Waals surface area contributed by atoms with Crippen molar-refractivity contribution in [1.82, 2.24) is 4.90 Å². The molecule has 2 heteroatoms. The maximum absolute atomic E-state index is 5.97. The molecule has 1 aliphatic carbocycles. The summed E-state index contributed by atoms with van der Waals surface area (Å²) in [6.45, 7) is 7.95. The third-order valence-electron chi connectivity index (χ3n) is 3.48. The second kappa shape index (κ2) is 3.58. The molecule has 0 atom stereocenters. The summed E-state index contributed by atoms with van der Waals surface area (Å²) in [7, 11) is 0. The summed E-state index contributed by atoms with van der Waals surface area (Å²) in [6.07, 6.45) is 5.15. The van der Waals surface area contributed by atoms with E-state index >= 15 is 0 Å². The Labute approximate surface area is 81.3 Å².